The second-order valence-corrected chi connectivity index (χ2v) is 6.21. The number of ether oxygens (including phenoxy) is 1. The molecule has 0 fully saturated rings. The summed E-state index contributed by atoms with van der Waals surface area (Å²) < 4.78 is 6.09. The number of aliphatic hydroxyl groups is 1. The van der Waals surface area contributed by atoms with Gasteiger partial charge in [0, 0.05) is 12.1 Å². The first-order chi connectivity index (χ1) is 11.1. The Morgan fingerprint density at radius 2 is 1.35 bits per heavy atom. The van der Waals surface area contributed by atoms with Crippen LogP contribution in [0.5, 0.6) is 0 Å². The molecule has 2 N–H and O–H groups in total. The van der Waals surface area contributed by atoms with Gasteiger partial charge in [-0.15, -0.1) is 0 Å². The van der Waals surface area contributed by atoms with Crippen molar-refractivity contribution in [3.8, 4) is 0 Å². The van der Waals surface area contributed by atoms with Gasteiger partial charge < -0.3 is 15.2 Å². The van der Waals surface area contributed by atoms with Crippen LogP contribution in [0, 0.1) is 0 Å². The Kier molecular flexibility index (Phi) is 6.78. The van der Waals surface area contributed by atoms with E-state index in [4.69, 9.17) is 4.74 Å². The smallest absolute Gasteiger partial charge is 0.108 e. The lowest BCUT2D eigenvalue weighted by molar-refractivity contribution is -0.00811. The van der Waals surface area contributed by atoms with Crippen LogP contribution in [-0.2, 0) is 4.74 Å². The van der Waals surface area contributed by atoms with Crippen molar-refractivity contribution < 1.29 is 9.84 Å². The molecule has 2 aromatic rings. The van der Waals surface area contributed by atoms with Gasteiger partial charge in [-0.3, -0.25) is 0 Å². The van der Waals surface area contributed by atoms with Crippen molar-refractivity contribution in [3.63, 3.8) is 0 Å². The predicted molar refractivity (Wildman–Crippen MR) is 94.4 cm³/mol. The van der Waals surface area contributed by atoms with Crippen LogP contribution in [0.15, 0.2) is 60.7 Å². The van der Waals surface area contributed by atoms with Crippen LogP contribution >= 0.6 is 0 Å². The van der Waals surface area contributed by atoms with Crippen molar-refractivity contribution >= 4 is 0 Å². The van der Waals surface area contributed by atoms with E-state index in [1.54, 1.807) is 0 Å². The summed E-state index contributed by atoms with van der Waals surface area (Å²) in [5.74, 6) is 0. The van der Waals surface area contributed by atoms with Crippen LogP contribution in [0.2, 0.25) is 0 Å². The standard InChI is InChI=1S/C20H27NO2/c1-15(2)21-16(3)19(22)14-23-20(17-10-6-4-7-11-17)18-12-8-5-9-13-18/h4-13,15-16,19-22H,14H2,1-3H3/t16-,19+/m0/s1. The van der Waals surface area contributed by atoms with E-state index in [2.05, 4.69) is 43.4 Å². The van der Waals surface area contributed by atoms with Crippen molar-refractivity contribution in [1.29, 1.82) is 0 Å². The molecule has 0 amide bonds. The highest BCUT2D eigenvalue weighted by Crippen LogP contribution is 2.26. The molecule has 0 aliphatic heterocycles. The van der Waals surface area contributed by atoms with Gasteiger partial charge in [-0.05, 0) is 18.1 Å². The van der Waals surface area contributed by atoms with Crippen molar-refractivity contribution in [2.75, 3.05) is 6.61 Å². The SMILES string of the molecule is CC(C)N[C@@H](C)[C@H](O)COC(c1ccccc1)c1ccccc1. The summed E-state index contributed by atoms with van der Waals surface area (Å²) >= 11 is 0. The molecule has 2 atom stereocenters. The molecule has 0 aliphatic carbocycles. The Morgan fingerprint density at radius 3 is 1.78 bits per heavy atom. The van der Waals surface area contributed by atoms with Crippen LogP contribution in [0.1, 0.15) is 38.0 Å². The van der Waals surface area contributed by atoms with E-state index in [0.717, 1.165) is 11.1 Å². The minimum absolute atomic E-state index is 0.0119. The van der Waals surface area contributed by atoms with Crippen LogP contribution < -0.4 is 5.32 Å². The van der Waals surface area contributed by atoms with Gasteiger partial charge in [0.1, 0.15) is 6.10 Å². The molecule has 0 heterocycles. The number of hydrogen-bond donors (Lipinski definition) is 2. The van der Waals surface area contributed by atoms with Crippen molar-refractivity contribution in [2.24, 2.45) is 0 Å². The maximum absolute atomic E-state index is 10.3. The molecule has 0 bridgehead atoms. The zero-order chi connectivity index (χ0) is 16.7. The van der Waals surface area contributed by atoms with Gasteiger partial charge in [-0.1, -0.05) is 74.5 Å². The van der Waals surface area contributed by atoms with E-state index in [0.29, 0.717) is 6.04 Å². The number of hydrogen-bond acceptors (Lipinski definition) is 3. The monoisotopic (exact) mass is 313 g/mol. The summed E-state index contributed by atoms with van der Waals surface area (Å²) in [4.78, 5) is 0. The summed E-state index contributed by atoms with van der Waals surface area (Å²) in [7, 11) is 0. The van der Waals surface area contributed by atoms with Gasteiger partial charge in [-0.25, -0.2) is 0 Å². The number of rotatable bonds is 8. The topological polar surface area (TPSA) is 41.5 Å². The van der Waals surface area contributed by atoms with Crippen LogP contribution in [0.25, 0.3) is 0 Å². The third kappa shape index (κ3) is 5.47. The summed E-state index contributed by atoms with van der Waals surface area (Å²) in [6.45, 7) is 6.41. The molecule has 2 rings (SSSR count). The molecule has 3 nitrogen and oxygen atoms in total. The molecule has 124 valence electrons. The average Bonchev–Trinajstić information content (AvgIpc) is 2.56. The predicted octanol–water partition coefficient (Wildman–Crippen LogP) is 3.54. The molecule has 0 saturated carbocycles. The molecular weight excluding hydrogens is 286 g/mol. The molecule has 0 unspecified atom stereocenters. The molecular formula is C20H27NO2. The first-order valence-electron chi connectivity index (χ1n) is 8.23. The van der Waals surface area contributed by atoms with Crippen LogP contribution in [0.4, 0.5) is 0 Å². The fraction of sp³-hybridized carbons (Fsp3) is 0.400. The van der Waals surface area contributed by atoms with Gasteiger partial charge >= 0.3 is 0 Å². The van der Waals surface area contributed by atoms with Gasteiger partial charge in [0.2, 0.25) is 0 Å². The van der Waals surface area contributed by atoms with Crippen LogP contribution in [-0.4, -0.2) is 29.9 Å². The average molecular weight is 313 g/mol. The Morgan fingerprint density at radius 1 is 0.870 bits per heavy atom. The lowest BCUT2D eigenvalue weighted by Crippen LogP contribution is -2.43. The fourth-order valence-electron chi connectivity index (χ4n) is 2.62. The zero-order valence-corrected chi connectivity index (χ0v) is 14.1. The van der Waals surface area contributed by atoms with Crippen molar-refractivity contribution in [3.05, 3.63) is 71.8 Å². The highest BCUT2D eigenvalue weighted by atomic mass is 16.5. The summed E-state index contributed by atoms with van der Waals surface area (Å²) in [5.41, 5.74) is 2.19. The largest absolute Gasteiger partial charge is 0.389 e. The van der Waals surface area contributed by atoms with E-state index < -0.39 is 6.10 Å². The third-order valence-corrected chi connectivity index (χ3v) is 3.81. The third-order valence-electron chi connectivity index (χ3n) is 3.81. The first-order valence-corrected chi connectivity index (χ1v) is 8.23. The highest BCUT2D eigenvalue weighted by Gasteiger charge is 2.20. The Bertz CT molecular complexity index is 517. The maximum Gasteiger partial charge on any atom is 0.108 e. The molecule has 23 heavy (non-hydrogen) atoms. The quantitative estimate of drug-likeness (QED) is 0.783. The maximum atomic E-state index is 10.3. The number of benzene rings is 2. The summed E-state index contributed by atoms with van der Waals surface area (Å²) in [5, 5.41) is 13.6. The van der Waals surface area contributed by atoms with Crippen LogP contribution in [0.3, 0.4) is 0 Å². The van der Waals surface area contributed by atoms with Gasteiger partial charge in [0.05, 0.1) is 12.7 Å². The van der Waals surface area contributed by atoms with E-state index >= 15 is 0 Å². The molecule has 0 aliphatic rings. The minimum atomic E-state index is -0.549. The van der Waals surface area contributed by atoms with Gasteiger partial charge in [0.25, 0.3) is 0 Å². The van der Waals surface area contributed by atoms with Gasteiger partial charge in [0.15, 0.2) is 0 Å². The van der Waals surface area contributed by atoms with E-state index in [1.807, 2.05) is 43.3 Å². The molecule has 0 saturated heterocycles. The summed E-state index contributed by atoms with van der Waals surface area (Å²) in [6, 6.07) is 20.6. The number of nitrogens with one attached hydrogen (secondary N) is 1. The highest BCUT2D eigenvalue weighted by molar-refractivity contribution is 5.29. The number of aliphatic hydroxyl groups excluding tert-OH is 1. The van der Waals surface area contributed by atoms with Crippen molar-refractivity contribution in [1.82, 2.24) is 5.32 Å². The van der Waals surface area contributed by atoms with Gasteiger partial charge in [-0.2, -0.15) is 0 Å². The van der Waals surface area contributed by atoms with E-state index in [1.165, 1.54) is 0 Å². The van der Waals surface area contributed by atoms with E-state index in [9.17, 15) is 5.11 Å². The second kappa shape index (κ2) is 8.82. The Labute approximate surface area is 139 Å². The normalized spacial score (nSPS) is 14.2. The molecule has 0 spiro atoms. The lowest BCUT2D eigenvalue weighted by Gasteiger charge is -2.25. The summed E-state index contributed by atoms with van der Waals surface area (Å²) in [6.07, 6.45) is -0.717. The Hall–Kier alpha value is -1.68. The minimum Gasteiger partial charge on any atom is -0.389 e. The lowest BCUT2D eigenvalue weighted by atomic mass is 10.0. The molecule has 0 radical (unpaired) electrons. The van der Waals surface area contributed by atoms with E-state index in [-0.39, 0.29) is 18.8 Å². The second-order valence-electron chi connectivity index (χ2n) is 6.21. The molecule has 2 aromatic carbocycles. The Balaban J connectivity index is 2.07. The first kappa shape index (κ1) is 17.7. The zero-order valence-electron chi connectivity index (χ0n) is 14.1. The van der Waals surface area contributed by atoms with Crippen molar-refractivity contribution in [2.45, 2.75) is 45.1 Å². The molecule has 3 heteroatoms. The molecule has 0 aromatic heterocycles. The fourth-order valence-corrected chi connectivity index (χ4v) is 2.62.